The van der Waals surface area contributed by atoms with Gasteiger partial charge in [-0.15, -0.1) is 0 Å². The van der Waals surface area contributed by atoms with Crippen LogP contribution in [0.15, 0.2) is 12.3 Å². The maximum absolute atomic E-state index is 9.57. The molecule has 4 rings (SSSR count). The predicted molar refractivity (Wildman–Crippen MR) is 106 cm³/mol. The first kappa shape index (κ1) is 18.0. The first-order valence-corrected chi connectivity index (χ1v) is 9.86. The molecule has 0 atom stereocenters. The maximum Gasteiger partial charge on any atom is 0.147 e. The Bertz CT molecular complexity index is 894. The van der Waals surface area contributed by atoms with Gasteiger partial charge in [-0.25, -0.2) is 15.0 Å². The van der Waals surface area contributed by atoms with Crippen LogP contribution in [0.25, 0.3) is 0 Å². The van der Waals surface area contributed by atoms with Crippen molar-refractivity contribution in [1.29, 1.82) is 5.26 Å². The van der Waals surface area contributed by atoms with Crippen molar-refractivity contribution >= 4 is 23.2 Å². The van der Waals surface area contributed by atoms with Crippen molar-refractivity contribution in [2.24, 2.45) is 0 Å². The van der Waals surface area contributed by atoms with E-state index >= 15 is 0 Å². The molecule has 0 amide bonds. The third kappa shape index (κ3) is 3.70. The highest BCUT2D eigenvalue weighted by Gasteiger charge is 2.27. The summed E-state index contributed by atoms with van der Waals surface area (Å²) >= 11 is 6.27. The second-order valence-electron chi connectivity index (χ2n) is 7.43. The van der Waals surface area contributed by atoms with Gasteiger partial charge in [-0.3, -0.25) is 0 Å². The zero-order valence-corrected chi connectivity index (χ0v) is 16.4. The Hall–Kier alpha value is -2.39. The Labute approximate surface area is 164 Å². The van der Waals surface area contributed by atoms with Gasteiger partial charge >= 0.3 is 0 Å². The van der Waals surface area contributed by atoms with Gasteiger partial charge < -0.3 is 10.2 Å². The molecule has 3 heterocycles. The van der Waals surface area contributed by atoms with Crippen LogP contribution in [0.1, 0.15) is 54.2 Å². The van der Waals surface area contributed by atoms with Crippen molar-refractivity contribution in [1.82, 2.24) is 15.0 Å². The van der Waals surface area contributed by atoms with E-state index in [0.717, 1.165) is 54.6 Å². The van der Waals surface area contributed by atoms with E-state index in [1.54, 1.807) is 0 Å². The normalized spacial score (nSPS) is 17.6. The molecule has 0 unspecified atom stereocenters. The first-order chi connectivity index (χ1) is 13.1. The zero-order valence-electron chi connectivity index (χ0n) is 15.7. The van der Waals surface area contributed by atoms with Crippen molar-refractivity contribution in [3.8, 4) is 6.07 Å². The maximum atomic E-state index is 9.57. The minimum atomic E-state index is 0.364. The number of halogens is 1. The van der Waals surface area contributed by atoms with E-state index in [1.807, 2.05) is 26.1 Å². The quantitative estimate of drug-likeness (QED) is 0.861. The van der Waals surface area contributed by atoms with Crippen molar-refractivity contribution < 1.29 is 0 Å². The molecule has 0 bridgehead atoms. The van der Waals surface area contributed by atoms with Gasteiger partial charge in [-0.1, -0.05) is 11.6 Å². The molecule has 2 fully saturated rings. The number of hydrogen-bond acceptors (Lipinski definition) is 6. The van der Waals surface area contributed by atoms with Crippen LogP contribution in [0.3, 0.4) is 0 Å². The first-order valence-electron chi connectivity index (χ1n) is 9.48. The van der Waals surface area contributed by atoms with Gasteiger partial charge in [-0.05, 0) is 51.2 Å². The molecule has 2 aromatic rings. The van der Waals surface area contributed by atoms with E-state index < -0.39 is 0 Å². The number of pyridine rings is 1. The van der Waals surface area contributed by atoms with Gasteiger partial charge in [0.1, 0.15) is 23.5 Å². The Morgan fingerprint density at radius 2 is 1.93 bits per heavy atom. The summed E-state index contributed by atoms with van der Waals surface area (Å²) in [4.78, 5) is 15.8. The minimum Gasteiger partial charge on any atom is -0.367 e. The van der Waals surface area contributed by atoms with Crippen LogP contribution in [0.4, 0.5) is 11.6 Å². The van der Waals surface area contributed by atoms with E-state index in [0.29, 0.717) is 22.5 Å². The molecule has 1 N–H and O–H groups in total. The molecule has 1 saturated heterocycles. The second kappa shape index (κ2) is 7.32. The number of hydrogen-bond donors (Lipinski definition) is 1. The van der Waals surface area contributed by atoms with E-state index in [4.69, 9.17) is 11.6 Å². The number of nitriles is 1. The highest BCUT2D eigenvalue weighted by molar-refractivity contribution is 6.32. The average molecular weight is 383 g/mol. The lowest BCUT2D eigenvalue weighted by Gasteiger charge is -2.34. The molecule has 0 spiro atoms. The van der Waals surface area contributed by atoms with Crippen LogP contribution in [0, 0.1) is 25.2 Å². The Morgan fingerprint density at radius 1 is 1.19 bits per heavy atom. The molecule has 2 aromatic heterocycles. The molecule has 0 radical (unpaired) electrons. The van der Waals surface area contributed by atoms with Crippen molar-refractivity contribution in [2.45, 2.75) is 51.5 Å². The van der Waals surface area contributed by atoms with Gasteiger partial charge in [0.25, 0.3) is 0 Å². The van der Waals surface area contributed by atoms with Crippen molar-refractivity contribution in [2.75, 3.05) is 23.3 Å². The van der Waals surface area contributed by atoms with Gasteiger partial charge in [0, 0.05) is 31.2 Å². The molecule has 2 aliphatic rings. The summed E-state index contributed by atoms with van der Waals surface area (Å²) < 4.78 is 0. The van der Waals surface area contributed by atoms with Gasteiger partial charge in [0.2, 0.25) is 0 Å². The number of aryl methyl sites for hydroxylation is 1. The van der Waals surface area contributed by atoms with Gasteiger partial charge in [0.15, 0.2) is 0 Å². The fraction of sp³-hybridized carbons (Fsp3) is 0.500. The third-order valence-corrected chi connectivity index (χ3v) is 5.95. The lowest BCUT2D eigenvalue weighted by atomic mass is 10.0. The summed E-state index contributed by atoms with van der Waals surface area (Å²) in [6, 6.07) is 4.59. The number of nitrogens with zero attached hydrogens (tertiary/aromatic N) is 5. The highest BCUT2D eigenvalue weighted by Crippen LogP contribution is 2.38. The topological polar surface area (TPSA) is 77.7 Å². The SMILES string of the molecule is Cc1nc(N2CCC(Nc3ccnc(C4CC4)n3)CC2)c(C#N)c(C)c1Cl. The third-order valence-electron chi connectivity index (χ3n) is 5.39. The number of rotatable bonds is 4. The molecule has 1 aliphatic heterocycles. The summed E-state index contributed by atoms with van der Waals surface area (Å²) in [7, 11) is 0. The summed E-state index contributed by atoms with van der Waals surface area (Å²) in [5.74, 6) is 3.20. The van der Waals surface area contributed by atoms with E-state index in [9.17, 15) is 5.26 Å². The van der Waals surface area contributed by atoms with E-state index in [1.165, 1.54) is 12.8 Å². The summed E-state index contributed by atoms with van der Waals surface area (Å²) in [6.45, 7) is 5.47. The molecule has 1 aliphatic carbocycles. The van der Waals surface area contributed by atoms with Gasteiger partial charge in [0.05, 0.1) is 16.3 Å². The summed E-state index contributed by atoms with van der Waals surface area (Å²) in [5.41, 5.74) is 2.18. The fourth-order valence-electron chi connectivity index (χ4n) is 3.61. The Balaban J connectivity index is 1.44. The molecule has 1 saturated carbocycles. The molecule has 140 valence electrons. The Morgan fingerprint density at radius 3 is 2.59 bits per heavy atom. The highest BCUT2D eigenvalue weighted by atomic mass is 35.5. The summed E-state index contributed by atoms with van der Waals surface area (Å²) in [6.07, 6.45) is 6.19. The van der Waals surface area contributed by atoms with Crippen LogP contribution < -0.4 is 10.2 Å². The standard InChI is InChI=1S/C20H23ClN6/c1-12-16(11-22)20(24-13(2)18(12)21)27-9-6-15(7-10-27)25-17-5-8-23-19(26-17)14-3-4-14/h5,8,14-15H,3-4,6-7,9-10H2,1-2H3,(H,23,25,26). The van der Waals surface area contributed by atoms with Crippen molar-refractivity contribution in [3.05, 3.63) is 39.9 Å². The van der Waals surface area contributed by atoms with Crippen LogP contribution in [0.5, 0.6) is 0 Å². The van der Waals surface area contributed by atoms with Gasteiger partial charge in [-0.2, -0.15) is 5.26 Å². The summed E-state index contributed by atoms with van der Waals surface area (Å²) in [5, 5.41) is 13.7. The zero-order chi connectivity index (χ0) is 19.0. The lowest BCUT2D eigenvalue weighted by molar-refractivity contribution is 0.521. The van der Waals surface area contributed by atoms with Crippen LogP contribution in [-0.4, -0.2) is 34.1 Å². The number of anilines is 2. The monoisotopic (exact) mass is 382 g/mol. The molecular formula is C20H23ClN6. The van der Waals surface area contributed by atoms with Crippen LogP contribution in [0.2, 0.25) is 5.02 Å². The minimum absolute atomic E-state index is 0.364. The molecule has 7 heteroatoms. The lowest BCUT2D eigenvalue weighted by Crippen LogP contribution is -2.40. The number of nitrogens with one attached hydrogen (secondary N) is 1. The molecule has 27 heavy (non-hydrogen) atoms. The van der Waals surface area contributed by atoms with Crippen LogP contribution >= 0.6 is 11.6 Å². The smallest absolute Gasteiger partial charge is 0.147 e. The largest absolute Gasteiger partial charge is 0.367 e. The molecule has 0 aromatic carbocycles. The predicted octanol–water partition coefficient (Wildman–Crippen LogP) is 3.97. The van der Waals surface area contributed by atoms with Crippen molar-refractivity contribution in [3.63, 3.8) is 0 Å². The number of piperidine rings is 1. The van der Waals surface area contributed by atoms with E-state index in [-0.39, 0.29) is 0 Å². The second-order valence-corrected chi connectivity index (χ2v) is 7.80. The number of aromatic nitrogens is 3. The fourth-order valence-corrected chi connectivity index (χ4v) is 3.75. The Kier molecular flexibility index (Phi) is 4.88. The van der Waals surface area contributed by atoms with E-state index in [2.05, 4.69) is 31.2 Å². The van der Waals surface area contributed by atoms with Crippen LogP contribution in [-0.2, 0) is 0 Å². The molecule has 6 nitrogen and oxygen atoms in total. The molecular weight excluding hydrogens is 360 g/mol. The average Bonchev–Trinajstić information content (AvgIpc) is 3.52.